The number of hydrogen-bond acceptors (Lipinski definition) is 3. The number of carbonyl (C=O) groups excluding carboxylic acids is 1. The van der Waals surface area contributed by atoms with Crippen molar-refractivity contribution in [2.24, 2.45) is 0 Å². The first-order valence-corrected chi connectivity index (χ1v) is 7.20. The molecule has 110 valence electrons. The van der Waals surface area contributed by atoms with Gasteiger partial charge in [-0.1, -0.05) is 24.3 Å². The van der Waals surface area contributed by atoms with Gasteiger partial charge in [-0.3, -0.25) is 4.79 Å². The van der Waals surface area contributed by atoms with Crippen molar-refractivity contribution in [1.82, 2.24) is 4.98 Å². The molecule has 0 fully saturated rings. The fourth-order valence-corrected chi connectivity index (χ4v) is 2.27. The number of benzene rings is 2. The molecule has 0 saturated heterocycles. The Bertz CT molecular complexity index is 831. The lowest BCUT2D eigenvalue weighted by Gasteiger charge is -1.96. The van der Waals surface area contributed by atoms with Crippen LogP contribution in [0.5, 0.6) is 0 Å². The van der Waals surface area contributed by atoms with E-state index < -0.39 is 0 Å². The zero-order valence-corrected chi connectivity index (χ0v) is 12.9. The molecule has 0 saturated carbocycles. The van der Waals surface area contributed by atoms with Gasteiger partial charge in [0.2, 0.25) is 5.89 Å². The number of aryl methyl sites for hydroxylation is 2. The van der Waals surface area contributed by atoms with E-state index in [9.17, 15) is 4.79 Å². The molecule has 0 amide bonds. The largest absolute Gasteiger partial charge is 0.437 e. The number of carbonyl (C=O) groups is 1. The Hall–Kier alpha value is -2.68. The van der Waals surface area contributed by atoms with Crippen LogP contribution in [0.4, 0.5) is 0 Å². The molecule has 0 aliphatic rings. The molecule has 0 N–H and O–H groups in total. The van der Waals surface area contributed by atoms with Crippen molar-refractivity contribution in [2.45, 2.75) is 20.8 Å². The Labute approximate surface area is 129 Å². The van der Waals surface area contributed by atoms with Gasteiger partial charge in [-0.2, -0.15) is 0 Å². The van der Waals surface area contributed by atoms with Crippen LogP contribution in [-0.2, 0) is 0 Å². The molecule has 2 aromatic carbocycles. The SMILES string of the molecule is CC(=O)c1ccc(/C=C/c2nc3cc(C)c(C)cc3o2)cc1. The summed E-state index contributed by atoms with van der Waals surface area (Å²) in [4.78, 5) is 15.7. The van der Waals surface area contributed by atoms with E-state index in [0.717, 1.165) is 16.7 Å². The normalized spacial score (nSPS) is 11.4. The van der Waals surface area contributed by atoms with Crippen LogP contribution in [0.3, 0.4) is 0 Å². The third-order valence-electron chi connectivity index (χ3n) is 3.76. The Balaban J connectivity index is 1.87. The molecule has 3 rings (SSSR count). The highest BCUT2D eigenvalue weighted by atomic mass is 16.3. The molecule has 3 nitrogen and oxygen atoms in total. The average molecular weight is 291 g/mol. The minimum absolute atomic E-state index is 0.0696. The van der Waals surface area contributed by atoms with Crippen molar-refractivity contribution in [3.8, 4) is 0 Å². The number of rotatable bonds is 3. The summed E-state index contributed by atoms with van der Waals surface area (Å²) >= 11 is 0. The number of Topliss-reactive ketones (excluding diaryl/α,β-unsaturated/α-hetero) is 1. The molecule has 0 aliphatic carbocycles. The zero-order chi connectivity index (χ0) is 15.7. The van der Waals surface area contributed by atoms with Crippen LogP contribution in [0.1, 0.15) is 39.9 Å². The first-order chi connectivity index (χ1) is 10.5. The summed E-state index contributed by atoms with van der Waals surface area (Å²) in [7, 11) is 0. The van der Waals surface area contributed by atoms with Crippen LogP contribution >= 0.6 is 0 Å². The molecular weight excluding hydrogens is 274 g/mol. The quantitative estimate of drug-likeness (QED) is 0.650. The molecular formula is C19H17NO2. The maximum Gasteiger partial charge on any atom is 0.220 e. The van der Waals surface area contributed by atoms with Crippen LogP contribution < -0.4 is 0 Å². The van der Waals surface area contributed by atoms with E-state index >= 15 is 0 Å². The predicted molar refractivity (Wildman–Crippen MR) is 88.9 cm³/mol. The van der Waals surface area contributed by atoms with Gasteiger partial charge in [-0.15, -0.1) is 0 Å². The van der Waals surface area contributed by atoms with E-state index in [1.54, 1.807) is 6.92 Å². The maximum absolute atomic E-state index is 11.2. The lowest BCUT2D eigenvalue weighted by molar-refractivity contribution is 0.101. The topological polar surface area (TPSA) is 43.1 Å². The molecule has 22 heavy (non-hydrogen) atoms. The second-order valence-electron chi connectivity index (χ2n) is 5.47. The summed E-state index contributed by atoms with van der Waals surface area (Å²) in [5.74, 6) is 0.649. The van der Waals surface area contributed by atoms with E-state index in [1.807, 2.05) is 48.6 Å². The molecule has 3 heteroatoms. The van der Waals surface area contributed by atoms with Crippen LogP contribution in [0.25, 0.3) is 23.3 Å². The molecule has 3 aromatic rings. The van der Waals surface area contributed by atoms with E-state index in [1.165, 1.54) is 11.1 Å². The van der Waals surface area contributed by atoms with Crippen LogP contribution in [0, 0.1) is 13.8 Å². The highest BCUT2D eigenvalue weighted by molar-refractivity contribution is 5.94. The summed E-state index contributed by atoms with van der Waals surface area (Å²) in [5.41, 5.74) is 5.78. The Morgan fingerprint density at radius 3 is 2.41 bits per heavy atom. The summed E-state index contributed by atoms with van der Waals surface area (Å²) in [6, 6.07) is 11.5. The third-order valence-corrected chi connectivity index (χ3v) is 3.76. The monoisotopic (exact) mass is 291 g/mol. The number of ketones is 1. The standard InChI is InChI=1S/C19H17NO2/c1-12-10-17-18(11-13(12)2)22-19(20-17)9-6-15-4-7-16(8-5-15)14(3)21/h4-11H,1-3H3/b9-6+. The second-order valence-corrected chi connectivity index (χ2v) is 5.47. The predicted octanol–water partition coefficient (Wildman–Crippen LogP) is 4.82. The van der Waals surface area contributed by atoms with Crippen molar-refractivity contribution in [2.75, 3.05) is 0 Å². The Morgan fingerprint density at radius 1 is 1.05 bits per heavy atom. The molecule has 1 heterocycles. The van der Waals surface area contributed by atoms with Crippen molar-refractivity contribution in [3.63, 3.8) is 0 Å². The molecule has 0 atom stereocenters. The molecule has 0 radical (unpaired) electrons. The van der Waals surface area contributed by atoms with E-state index in [0.29, 0.717) is 11.5 Å². The van der Waals surface area contributed by atoms with Gasteiger partial charge < -0.3 is 4.42 Å². The first kappa shape index (κ1) is 14.3. The summed E-state index contributed by atoms with van der Waals surface area (Å²) in [6.45, 7) is 5.69. The highest BCUT2D eigenvalue weighted by Crippen LogP contribution is 2.21. The summed E-state index contributed by atoms with van der Waals surface area (Å²) < 4.78 is 5.74. The number of fused-ring (bicyclic) bond motifs is 1. The smallest absolute Gasteiger partial charge is 0.220 e. The fourth-order valence-electron chi connectivity index (χ4n) is 2.27. The number of oxazole rings is 1. The first-order valence-electron chi connectivity index (χ1n) is 7.20. The minimum atomic E-state index is 0.0696. The molecule has 0 spiro atoms. The van der Waals surface area contributed by atoms with Gasteiger partial charge in [-0.25, -0.2) is 4.98 Å². The van der Waals surface area contributed by atoms with Gasteiger partial charge >= 0.3 is 0 Å². The van der Waals surface area contributed by atoms with Gasteiger partial charge in [0.1, 0.15) is 5.52 Å². The van der Waals surface area contributed by atoms with Gasteiger partial charge in [0.15, 0.2) is 11.4 Å². The van der Waals surface area contributed by atoms with E-state index in [-0.39, 0.29) is 5.78 Å². The summed E-state index contributed by atoms with van der Waals surface area (Å²) in [5, 5.41) is 0. The van der Waals surface area contributed by atoms with Gasteiger partial charge in [0, 0.05) is 11.6 Å². The number of hydrogen-bond donors (Lipinski definition) is 0. The zero-order valence-electron chi connectivity index (χ0n) is 12.9. The van der Waals surface area contributed by atoms with Gasteiger partial charge in [0.05, 0.1) is 0 Å². The van der Waals surface area contributed by atoms with Crippen LogP contribution in [0.15, 0.2) is 40.8 Å². The molecule has 0 unspecified atom stereocenters. The lowest BCUT2D eigenvalue weighted by Crippen LogP contribution is -1.90. The van der Waals surface area contributed by atoms with Gasteiger partial charge in [0.25, 0.3) is 0 Å². The Kier molecular flexibility index (Phi) is 3.63. The second kappa shape index (κ2) is 5.60. The highest BCUT2D eigenvalue weighted by Gasteiger charge is 2.05. The van der Waals surface area contributed by atoms with Crippen molar-refractivity contribution in [3.05, 3.63) is 64.5 Å². The Morgan fingerprint density at radius 2 is 1.73 bits per heavy atom. The third kappa shape index (κ3) is 2.84. The van der Waals surface area contributed by atoms with Crippen LogP contribution in [-0.4, -0.2) is 10.8 Å². The molecule has 0 aliphatic heterocycles. The van der Waals surface area contributed by atoms with Gasteiger partial charge in [-0.05, 0) is 55.7 Å². The van der Waals surface area contributed by atoms with Crippen molar-refractivity contribution < 1.29 is 9.21 Å². The fraction of sp³-hybridized carbons (Fsp3) is 0.158. The van der Waals surface area contributed by atoms with Crippen LogP contribution in [0.2, 0.25) is 0 Å². The molecule has 0 bridgehead atoms. The lowest BCUT2D eigenvalue weighted by atomic mass is 10.1. The summed E-state index contributed by atoms with van der Waals surface area (Å²) in [6.07, 6.45) is 3.77. The number of aromatic nitrogens is 1. The van der Waals surface area contributed by atoms with Crippen molar-refractivity contribution in [1.29, 1.82) is 0 Å². The maximum atomic E-state index is 11.2. The van der Waals surface area contributed by atoms with E-state index in [2.05, 4.69) is 18.8 Å². The number of nitrogens with zero attached hydrogens (tertiary/aromatic N) is 1. The van der Waals surface area contributed by atoms with E-state index in [4.69, 9.17) is 4.42 Å². The van der Waals surface area contributed by atoms with Crippen molar-refractivity contribution >= 4 is 29.0 Å². The average Bonchev–Trinajstić information content (AvgIpc) is 2.88. The minimum Gasteiger partial charge on any atom is -0.437 e. The molecule has 1 aromatic heterocycles.